The van der Waals surface area contributed by atoms with E-state index in [9.17, 15) is 0 Å². The van der Waals surface area contributed by atoms with Crippen molar-refractivity contribution in [3.8, 4) is 0 Å². The second-order valence-corrected chi connectivity index (χ2v) is 5.90. The minimum Gasteiger partial charge on any atom is -0.298 e. The van der Waals surface area contributed by atoms with Gasteiger partial charge < -0.3 is 0 Å². The molecule has 1 aromatic carbocycles. The van der Waals surface area contributed by atoms with Crippen LogP contribution >= 0.6 is 0 Å². The van der Waals surface area contributed by atoms with E-state index in [1.165, 1.54) is 30.8 Å². The summed E-state index contributed by atoms with van der Waals surface area (Å²) in [7, 11) is 0. The number of hydrogen-bond acceptors (Lipinski definition) is 2. The summed E-state index contributed by atoms with van der Waals surface area (Å²) in [5, 5.41) is 0. The van der Waals surface area contributed by atoms with Crippen molar-refractivity contribution >= 4 is 0 Å². The van der Waals surface area contributed by atoms with E-state index in [-0.39, 0.29) is 0 Å². The highest BCUT2D eigenvalue weighted by atomic mass is 15.3. The number of rotatable bonds is 3. The maximum Gasteiger partial charge on any atom is 0.0237 e. The van der Waals surface area contributed by atoms with Gasteiger partial charge in [0.2, 0.25) is 0 Å². The van der Waals surface area contributed by atoms with Gasteiger partial charge in [-0.15, -0.1) is 0 Å². The first kappa shape index (κ1) is 17.2. The molecule has 0 N–H and O–H groups in total. The van der Waals surface area contributed by atoms with Crippen molar-refractivity contribution in [1.29, 1.82) is 0 Å². The first-order valence-electron chi connectivity index (χ1n) is 8.10. The fraction of sp³-hybridized carbons (Fsp3) is 0.667. The van der Waals surface area contributed by atoms with Gasteiger partial charge in [0.25, 0.3) is 0 Å². The quantitative estimate of drug-likeness (QED) is 0.825. The zero-order chi connectivity index (χ0) is 15.1. The third-order valence-electron chi connectivity index (χ3n) is 3.99. The molecule has 0 bridgehead atoms. The Kier molecular flexibility index (Phi) is 7.25. The lowest BCUT2D eigenvalue weighted by molar-refractivity contribution is 0.0597. The molecular formula is C18H32N2. The molecule has 1 heterocycles. The molecule has 1 aliphatic heterocycles. The monoisotopic (exact) mass is 276 g/mol. The third-order valence-corrected chi connectivity index (χ3v) is 3.99. The molecule has 0 aromatic heterocycles. The van der Waals surface area contributed by atoms with Crippen molar-refractivity contribution in [2.45, 2.75) is 60.2 Å². The van der Waals surface area contributed by atoms with E-state index in [0.29, 0.717) is 12.1 Å². The molecule has 1 saturated heterocycles. The Morgan fingerprint density at radius 2 is 1.90 bits per heavy atom. The number of hydrogen-bond donors (Lipinski definition) is 0. The molecule has 0 amide bonds. The molecule has 2 heteroatoms. The summed E-state index contributed by atoms with van der Waals surface area (Å²) >= 11 is 0. The second kappa shape index (κ2) is 8.43. The Balaban J connectivity index is 0.000000956. The van der Waals surface area contributed by atoms with E-state index >= 15 is 0 Å². The molecule has 1 atom stereocenters. The molecule has 1 aliphatic rings. The van der Waals surface area contributed by atoms with Gasteiger partial charge in [-0.2, -0.15) is 0 Å². The topological polar surface area (TPSA) is 6.48 Å². The van der Waals surface area contributed by atoms with Crippen LogP contribution in [0.15, 0.2) is 24.3 Å². The Hall–Kier alpha value is -0.860. The minimum absolute atomic E-state index is 0.654. The van der Waals surface area contributed by atoms with Crippen LogP contribution in [0.5, 0.6) is 0 Å². The van der Waals surface area contributed by atoms with E-state index in [1.54, 1.807) is 0 Å². The Bertz CT molecular complexity index is 387. The fourth-order valence-electron chi connectivity index (χ4n) is 2.77. The summed E-state index contributed by atoms with van der Waals surface area (Å²) in [6.45, 7) is 17.8. The van der Waals surface area contributed by atoms with Gasteiger partial charge in [0.1, 0.15) is 0 Å². The maximum atomic E-state index is 2.60. The highest BCUT2D eigenvalue weighted by Crippen LogP contribution is 2.16. The SMILES string of the molecule is CC.Cc1cccc(CN2CCN(C(C)C)CC2C)c1. The molecule has 114 valence electrons. The van der Waals surface area contributed by atoms with Gasteiger partial charge in [0, 0.05) is 38.3 Å². The molecule has 2 nitrogen and oxygen atoms in total. The smallest absolute Gasteiger partial charge is 0.0237 e. The molecule has 0 saturated carbocycles. The highest BCUT2D eigenvalue weighted by molar-refractivity contribution is 5.22. The van der Waals surface area contributed by atoms with E-state index in [0.717, 1.165) is 6.54 Å². The van der Waals surface area contributed by atoms with Crippen LogP contribution in [-0.2, 0) is 6.54 Å². The molecule has 20 heavy (non-hydrogen) atoms. The summed E-state index contributed by atoms with van der Waals surface area (Å²) in [5.74, 6) is 0. The summed E-state index contributed by atoms with van der Waals surface area (Å²) in [6.07, 6.45) is 0. The van der Waals surface area contributed by atoms with Gasteiger partial charge in [-0.3, -0.25) is 9.80 Å². The predicted molar refractivity (Wildman–Crippen MR) is 89.1 cm³/mol. The van der Waals surface area contributed by atoms with Crippen LogP contribution in [0.25, 0.3) is 0 Å². The Morgan fingerprint density at radius 3 is 2.45 bits per heavy atom. The summed E-state index contributed by atoms with van der Waals surface area (Å²) < 4.78 is 0. The number of nitrogens with zero attached hydrogens (tertiary/aromatic N) is 2. The average molecular weight is 276 g/mol. The maximum absolute atomic E-state index is 2.60. The van der Waals surface area contributed by atoms with E-state index < -0.39 is 0 Å². The molecule has 0 spiro atoms. The van der Waals surface area contributed by atoms with Gasteiger partial charge in [-0.05, 0) is 33.3 Å². The van der Waals surface area contributed by atoms with Crippen molar-refractivity contribution in [1.82, 2.24) is 9.80 Å². The lowest BCUT2D eigenvalue weighted by Gasteiger charge is -2.41. The van der Waals surface area contributed by atoms with Crippen LogP contribution in [0.2, 0.25) is 0 Å². The Labute approximate surface area is 125 Å². The molecule has 1 unspecified atom stereocenters. The lowest BCUT2D eigenvalue weighted by atomic mass is 10.1. The van der Waals surface area contributed by atoms with Crippen molar-refractivity contribution in [2.24, 2.45) is 0 Å². The van der Waals surface area contributed by atoms with E-state index in [1.807, 2.05) is 13.8 Å². The standard InChI is InChI=1S/C16H26N2.C2H6/c1-13(2)17-8-9-18(15(4)11-17)12-16-7-5-6-14(3)10-16;1-2/h5-7,10,13,15H,8-9,11-12H2,1-4H3;1-2H3. The van der Waals surface area contributed by atoms with Gasteiger partial charge >= 0.3 is 0 Å². The summed E-state index contributed by atoms with van der Waals surface area (Å²) in [6, 6.07) is 10.2. The van der Waals surface area contributed by atoms with Gasteiger partial charge in [0.05, 0.1) is 0 Å². The highest BCUT2D eigenvalue weighted by Gasteiger charge is 2.24. The molecule has 1 fully saturated rings. The van der Waals surface area contributed by atoms with Crippen LogP contribution in [0.3, 0.4) is 0 Å². The normalized spacial score (nSPS) is 20.6. The predicted octanol–water partition coefficient (Wildman–Crippen LogP) is 3.94. The van der Waals surface area contributed by atoms with Crippen molar-refractivity contribution in [3.05, 3.63) is 35.4 Å². The molecular weight excluding hydrogens is 244 g/mol. The van der Waals surface area contributed by atoms with Crippen molar-refractivity contribution in [3.63, 3.8) is 0 Å². The van der Waals surface area contributed by atoms with Crippen LogP contribution in [0, 0.1) is 6.92 Å². The zero-order valence-electron chi connectivity index (χ0n) is 14.2. The van der Waals surface area contributed by atoms with Gasteiger partial charge in [-0.1, -0.05) is 43.7 Å². The zero-order valence-corrected chi connectivity index (χ0v) is 14.2. The first-order valence-corrected chi connectivity index (χ1v) is 8.10. The van der Waals surface area contributed by atoms with Crippen LogP contribution < -0.4 is 0 Å². The van der Waals surface area contributed by atoms with Gasteiger partial charge in [-0.25, -0.2) is 0 Å². The van der Waals surface area contributed by atoms with Crippen LogP contribution in [-0.4, -0.2) is 41.5 Å². The summed E-state index contributed by atoms with van der Waals surface area (Å²) in [5.41, 5.74) is 2.81. The minimum atomic E-state index is 0.654. The lowest BCUT2D eigenvalue weighted by Crippen LogP contribution is -2.53. The number of aryl methyl sites for hydroxylation is 1. The molecule has 2 rings (SSSR count). The molecule has 1 aromatic rings. The fourth-order valence-corrected chi connectivity index (χ4v) is 2.77. The molecule has 0 aliphatic carbocycles. The largest absolute Gasteiger partial charge is 0.298 e. The Morgan fingerprint density at radius 1 is 1.20 bits per heavy atom. The third kappa shape index (κ3) is 4.92. The molecule has 0 radical (unpaired) electrons. The van der Waals surface area contributed by atoms with E-state index in [2.05, 4.69) is 61.8 Å². The first-order chi connectivity index (χ1) is 9.56. The van der Waals surface area contributed by atoms with Crippen LogP contribution in [0.4, 0.5) is 0 Å². The van der Waals surface area contributed by atoms with E-state index in [4.69, 9.17) is 0 Å². The van der Waals surface area contributed by atoms with Gasteiger partial charge in [0.15, 0.2) is 0 Å². The summed E-state index contributed by atoms with van der Waals surface area (Å²) in [4.78, 5) is 5.19. The van der Waals surface area contributed by atoms with Crippen molar-refractivity contribution in [2.75, 3.05) is 19.6 Å². The average Bonchev–Trinajstić information content (AvgIpc) is 2.43. The van der Waals surface area contributed by atoms with Crippen molar-refractivity contribution < 1.29 is 0 Å². The van der Waals surface area contributed by atoms with Crippen LogP contribution in [0.1, 0.15) is 45.7 Å². The number of piperazine rings is 1. The second-order valence-electron chi connectivity index (χ2n) is 5.90. The number of benzene rings is 1.